The Labute approximate surface area is 611 Å². The highest BCUT2D eigenvalue weighted by molar-refractivity contribution is 6.13. The van der Waals surface area contributed by atoms with Crippen LogP contribution in [0.1, 0.15) is 149 Å². The van der Waals surface area contributed by atoms with Gasteiger partial charge in [0.1, 0.15) is 48.0 Å². The second kappa shape index (κ2) is 40.1. The van der Waals surface area contributed by atoms with Crippen molar-refractivity contribution in [2.45, 2.75) is 182 Å². The van der Waals surface area contributed by atoms with E-state index in [0.29, 0.717) is 71.5 Å². The number of rotatable bonds is 44. The molecular weight excluding hydrogens is 1350 g/mol. The number of para-hydroxylation sites is 1. The molecule has 0 aliphatic carbocycles. The molecule has 0 fully saturated rings. The van der Waals surface area contributed by atoms with E-state index in [1.54, 1.807) is 57.2 Å². The second-order valence-electron chi connectivity index (χ2n) is 28.4. The van der Waals surface area contributed by atoms with Gasteiger partial charge in [0.05, 0.1) is 61.0 Å². The molecule has 0 saturated heterocycles. The first-order valence-corrected chi connectivity index (χ1v) is 35.5. The van der Waals surface area contributed by atoms with E-state index in [1.807, 2.05) is 81.7 Å². The lowest BCUT2D eigenvalue weighted by molar-refractivity contribution is -0.137. The maximum atomic E-state index is 14.0. The number of hydrogen-bond donors (Lipinski definition) is 8. The van der Waals surface area contributed by atoms with Crippen molar-refractivity contribution in [3.8, 4) is 0 Å². The van der Waals surface area contributed by atoms with Crippen molar-refractivity contribution in [2.75, 3.05) is 52.5 Å². The number of imide groups is 1. The van der Waals surface area contributed by atoms with Gasteiger partial charge < -0.3 is 66.5 Å². The van der Waals surface area contributed by atoms with Crippen molar-refractivity contribution < 1.29 is 81.3 Å². The van der Waals surface area contributed by atoms with Crippen molar-refractivity contribution in [3.05, 3.63) is 119 Å². The molecule has 29 nitrogen and oxygen atoms in total. The molecule has 1 aliphatic heterocycles. The fourth-order valence-corrected chi connectivity index (χ4v) is 11.6. The molecule has 6 rings (SSSR count). The number of nitrogens with one attached hydrogen (secondary N) is 7. The van der Waals surface area contributed by atoms with Gasteiger partial charge >= 0.3 is 18.2 Å². The molecule has 105 heavy (non-hydrogen) atoms. The number of urea groups is 1. The normalized spacial score (nSPS) is 13.2. The quantitative estimate of drug-likeness (QED) is 0.0159. The van der Waals surface area contributed by atoms with Gasteiger partial charge in [0.15, 0.2) is 17.3 Å². The van der Waals surface area contributed by atoms with E-state index < -0.39 is 95.3 Å². The zero-order valence-corrected chi connectivity index (χ0v) is 61.8. The first kappa shape index (κ1) is 83.7. The Bertz CT molecular complexity index is 3920. The summed E-state index contributed by atoms with van der Waals surface area (Å²) < 4.78 is 24.9. The topological polar surface area (TPSA) is 403 Å². The minimum Gasteiger partial charge on any atom is -0.445 e. The van der Waals surface area contributed by atoms with Crippen LogP contribution >= 0.6 is 0 Å². The summed E-state index contributed by atoms with van der Waals surface area (Å²) >= 11 is 0. The number of ether oxygens (including phenoxy) is 4. The number of Topliss-reactive ketones (excluding diaryl/α,β-unsaturated/α-hetero) is 4. The van der Waals surface area contributed by atoms with Crippen molar-refractivity contribution in [2.24, 2.45) is 23.5 Å². The molecule has 0 spiro atoms. The van der Waals surface area contributed by atoms with Crippen molar-refractivity contribution in [3.63, 3.8) is 0 Å². The summed E-state index contributed by atoms with van der Waals surface area (Å²) in [6.45, 7) is 17.1. The molecule has 3 heterocycles. The van der Waals surface area contributed by atoms with E-state index in [-0.39, 0.29) is 133 Å². The number of nitrogens with two attached hydrogens (primary N) is 1. The van der Waals surface area contributed by atoms with Crippen LogP contribution in [-0.2, 0) is 106 Å². The highest BCUT2D eigenvalue weighted by Gasteiger charge is 2.34. The summed E-state index contributed by atoms with van der Waals surface area (Å²) in [5.41, 5.74) is 6.13. The highest BCUT2D eigenvalue weighted by Crippen LogP contribution is 2.31. The van der Waals surface area contributed by atoms with Gasteiger partial charge in [-0.1, -0.05) is 93.1 Å². The standard InChI is InChI=1S/C76H102N12O17/c1-11-102-46-62-85-66-60(41-55(91)43-81-68(96)52(37-49-21-14-12-15-22-49)39-54(90)42-80-63(93)44-82-72(100)105-74(4,5)6)83-58-25-18-17-24-56(58)67(66)88(62)47-75(7,8)104-36-34-78-70(98)76(9,10)86-73(101)103-45-51-29-27-50(28-30-51)38-61(92)59(26-20-33-79-71(77)99)84-69(97)57(48(2)3)40-53(89)23-16-13-19-35-87-64(94)31-32-65(87)95/h12,14-15,17-18,21-22,24-25,27-32,48,52,57,59H,11,13,16,19-20,23,26,33-47H2,1-10H3,(H,78,98)(H,80,93)(H,81,96)(H,82,100)(H,84,97)(H,86,101)(H3,77,79,99)/t52-,57+,59+/m1/s1. The van der Waals surface area contributed by atoms with Crippen LogP contribution in [0.5, 0.6) is 0 Å². The van der Waals surface area contributed by atoms with Crippen molar-refractivity contribution >= 4 is 98.7 Å². The van der Waals surface area contributed by atoms with Crippen LogP contribution in [0, 0.1) is 17.8 Å². The summed E-state index contributed by atoms with van der Waals surface area (Å²) in [4.78, 5) is 179. The maximum Gasteiger partial charge on any atom is 0.408 e. The third kappa shape index (κ3) is 28.0. The van der Waals surface area contributed by atoms with Gasteiger partial charge in [-0.2, -0.15) is 0 Å². The lowest BCUT2D eigenvalue weighted by atomic mass is 9.88. The molecule has 568 valence electrons. The number of hydrogen-bond acceptors (Lipinski definition) is 19. The number of nitrogens with zero attached hydrogens (tertiary/aromatic N) is 4. The monoisotopic (exact) mass is 1450 g/mol. The average Bonchev–Trinajstić information content (AvgIpc) is 1.61. The Kier molecular flexibility index (Phi) is 32.0. The van der Waals surface area contributed by atoms with Gasteiger partial charge in [-0.05, 0) is 116 Å². The Hall–Kier alpha value is -10.3. The number of aromatic nitrogens is 3. The van der Waals surface area contributed by atoms with Crippen LogP contribution < -0.4 is 43.0 Å². The third-order valence-corrected chi connectivity index (χ3v) is 17.1. The lowest BCUT2D eigenvalue weighted by Gasteiger charge is -2.28. The molecule has 3 atom stereocenters. The second-order valence-corrected chi connectivity index (χ2v) is 28.4. The first-order chi connectivity index (χ1) is 49.7. The largest absolute Gasteiger partial charge is 0.445 e. The lowest BCUT2D eigenvalue weighted by Crippen LogP contribution is -2.55. The Morgan fingerprint density at radius 3 is 1.99 bits per heavy atom. The SMILES string of the molecule is CCOCc1nc2c(CC(=O)CNC(=O)[C@@H](CC(=O)CNC(=O)CNC(=O)OC(C)(C)C)Cc3ccccc3)nc3ccccc3c2n1CC(C)(C)OCCNC(=O)C(C)(C)NC(=O)OCc1ccc(CC(=O)[C@H](CCCNC(N)=O)NC(=O)[C@@H](CC(=O)CCCCCN2C(=O)C=CC2=O)C(C)C)cc1. The van der Waals surface area contributed by atoms with Crippen molar-refractivity contribution in [1.29, 1.82) is 0 Å². The summed E-state index contributed by atoms with van der Waals surface area (Å²) in [6, 6.07) is 21.5. The molecule has 5 aromatic rings. The molecular formula is C76H102N12O17. The van der Waals surface area contributed by atoms with E-state index in [2.05, 4.69) is 37.2 Å². The fraction of sp³-hybridized carbons (Fsp3) is 0.513. The number of unbranched alkanes of at least 4 members (excludes halogenated alkanes) is 2. The zero-order chi connectivity index (χ0) is 77.0. The molecule has 3 aromatic carbocycles. The van der Waals surface area contributed by atoms with Crippen LogP contribution in [0.4, 0.5) is 14.4 Å². The van der Waals surface area contributed by atoms with Gasteiger partial charge in [-0.25, -0.2) is 24.4 Å². The number of carbonyl (C=O) groups is 13. The van der Waals surface area contributed by atoms with E-state index in [4.69, 9.17) is 34.6 Å². The zero-order valence-electron chi connectivity index (χ0n) is 61.8. The minimum absolute atomic E-state index is 0.0403. The van der Waals surface area contributed by atoms with Gasteiger partial charge in [0.25, 0.3) is 11.8 Å². The van der Waals surface area contributed by atoms with E-state index in [9.17, 15) is 62.3 Å². The van der Waals surface area contributed by atoms with Crippen LogP contribution in [-0.4, -0.2) is 171 Å². The average molecular weight is 1460 g/mol. The number of benzene rings is 3. The third-order valence-electron chi connectivity index (χ3n) is 17.1. The molecule has 9 N–H and O–H groups in total. The van der Waals surface area contributed by atoms with E-state index in [0.717, 1.165) is 15.8 Å². The maximum absolute atomic E-state index is 14.0. The number of imidazole rings is 1. The number of ketones is 4. The van der Waals surface area contributed by atoms with Crippen LogP contribution in [0.25, 0.3) is 21.9 Å². The van der Waals surface area contributed by atoms with Crippen LogP contribution in [0.15, 0.2) is 91.0 Å². The fourth-order valence-electron chi connectivity index (χ4n) is 11.6. The molecule has 29 heteroatoms. The molecule has 10 amide bonds. The van der Waals surface area contributed by atoms with Gasteiger partial charge in [-0.15, -0.1) is 0 Å². The number of alkyl carbamates (subject to hydrolysis) is 2. The number of pyridine rings is 1. The molecule has 0 saturated carbocycles. The molecule has 0 radical (unpaired) electrons. The molecule has 2 aromatic heterocycles. The van der Waals surface area contributed by atoms with Crippen LogP contribution in [0.2, 0.25) is 0 Å². The van der Waals surface area contributed by atoms with Gasteiger partial charge in [0, 0.05) is 81.3 Å². The van der Waals surface area contributed by atoms with Gasteiger partial charge in [0.2, 0.25) is 23.6 Å². The van der Waals surface area contributed by atoms with Crippen molar-refractivity contribution in [1.82, 2.24) is 56.7 Å². The highest BCUT2D eigenvalue weighted by atomic mass is 16.6. The number of primary amides is 1. The Morgan fingerprint density at radius 1 is 0.638 bits per heavy atom. The molecule has 0 bridgehead atoms. The van der Waals surface area contributed by atoms with Gasteiger partial charge in [-0.3, -0.25) is 52.8 Å². The predicted molar refractivity (Wildman–Crippen MR) is 389 cm³/mol. The Morgan fingerprint density at radius 2 is 1.31 bits per heavy atom. The van der Waals surface area contributed by atoms with Crippen LogP contribution in [0.3, 0.4) is 0 Å². The Balaban J connectivity index is 0.995. The number of carbonyl (C=O) groups excluding carboxylic acids is 13. The smallest absolute Gasteiger partial charge is 0.408 e. The van der Waals surface area contributed by atoms with E-state index in [1.165, 1.54) is 26.0 Å². The first-order valence-electron chi connectivity index (χ1n) is 35.5. The summed E-state index contributed by atoms with van der Waals surface area (Å²) in [6.07, 6.45) is 2.71. The summed E-state index contributed by atoms with van der Waals surface area (Å²) in [5.74, 6) is -5.48. The summed E-state index contributed by atoms with van der Waals surface area (Å²) in [5, 5.41) is 19.1. The number of fused-ring (bicyclic) bond motifs is 3. The summed E-state index contributed by atoms with van der Waals surface area (Å²) in [7, 11) is 0. The minimum atomic E-state index is -1.44. The number of amides is 10. The molecule has 1 aliphatic rings. The predicted octanol–water partition coefficient (Wildman–Crippen LogP) is 6.19. The molecule has 0 unspecified atom stereocenters. The van der Waals surface area contributed by atoms with E-state index >= 15 is 0 Å².